The smallest absolute Gasteiger partial charge is 0.261 e. The quantitative estimate of drug-likeness (QED) is 0.249. The van der Waals surface area contributed by atoms with Crippen LogP contribution in [0.4, 0.5) is 0 Å². The minimum Gasteiger partial charge on any atom is -0.484 e. The van der Waals surface area contributed by atoms with E-state index in [0.717, 1.165) is 22.3 Å². The van der Waals surface area contributed by atoms with E-state index in [0.29, 0.717) is 23.9 Å². The first kappa shape index (κ1) is 23.1. The summed E-state index contributed by atoms with van der Waals surface area (Å²) in [5.74, 6) is 0.538. The first-order chi connectivity index (χ1) is 16.1. The third-order valence-electron chi connectivity index (χ3n) is 5.29. The van der Waals surface area contributed by atoms with E-state index in [4.69, 9.17) is 16.3 Å². The van der Waals surface area contributed by atoms with Crippen LogP contribution in [-0.2, 0) is 24.4 Å². The SMILES string of the molecule is O=C(COc1ccc(Cl)cc1)N(Cc1ccccc1)Cc1cccn1Cc1ccc(Br)cc1. The molecule has 0 aliphatic carbocycles. The largest absolute Gasteiger partial charge is 0.484 e. The number of carbonyl (C=O) groups excluding carboxylic acids is 1. The Morgan fingerprint density at radius 3 is 2.30 bits per heavy atom. The molecular formula is C27H24BrClN2O2. The van der Waals surface area contributed by atoms with Gasteiger partial charge in [-0.1, -0.05) is 70.0 Å². The van der Waals surface area contributed by atoms with Gasteiger partial charge >= 0.3 is 0 Å². The number of aromatic nitrogens is 1. The second-order valence-corrected chi connectivity index (χ2v) is 9.08. The zero-order valence-corrected chi connectivity index (χ0v) is 20.4. The van der Waals surface area contributed by atoms with Gasteiger partial charge in [0.1, 0.15) is 5.75 Å². The molecular weight excluding hydrogens is 500 g/mol. The summed E-state index contributed by atoms with van der Waals surface area (Å²) in [5.41, 5.74) is 3.33. The number of amides is 1. The van der Waals surface area contributed by atoms with Crippen LogP contribution in [-0.4, -0.2) is 22.0 Å². The number of hydrogen-bond donors (Lipinski definition) is 0. The van der Waals surface area contributed by atoms with Gasteiger partial charge in [-0.05, 0) is 59.7 Å². The zero-order chi connectivity index (χ0) is 23.0. The van der Waals surface area contributed by atoms with Crippen LogP contribution in [0.15, 0.2) is 102 Å². The van der Waals surface area contributed by atoms with Gasteiger partial charge in [0.25, 0.3) is 5.91 Å². The van der Waals surface area contributed by atoms with Crippen LogP contribution < -0.4 is 4.74 Å². The lowest BCUT2D eigenvalue weighted by Crippen LogP contribution is -2.34. The van der Waals surface area contributed by atoms with E-state index in [1.807, 2.05) is 59.6 Å². The lowest BCUT2D eigenvalue weighted by atomic mass is 10.2. The molecule has 4 nitrogen and oxygen atoms in total. The number of halogens is 2. The summed E-state index contributed by atoms with van der Waals surface area (Å²) in [5, 5.41) is 0.630. The summed E-state index contributed by atoms with van der Waals surface area (Å²) in [6, 6.07) is 29.4. The second-order valence-electron chi connectivity index (χ2n) is 7.73. The van der Waals surface area contributed by atoms with Crippen LogP contribution in [0.25, 0.3) is 0 Å². The van der Waals surface area contributed by atoms with Crippen molar-refractivity contribution in [3.05, 3.63) is 124 Å². The van der Waals surface area contributed by atoms with Crippen LogP contribution in [0.1, 0.15) is 16.8 Å². The molecule has 0 unspecified atom stereocenters. The van der Waals surface area contributed by atoms with Gasteiger partial charge in [-0.2, -0.15) is 0 Å². The average Bonchev–Trinajstić information content (AvgIpc) is 3.26. The van der Waals surface area contributed by atoms with E-state index >= 15 is 0 Å². The summed E-state index contributed by atoms with van der Waals surface area (Å²) in [7, 11) is 0. The lowest BCUT2D eigenvalue weighted by molar-refractivity contribution is -0.134. The Morgan fingerprint density at radius 1 is 0.848 bits per heavy atom. The third-order valence-corrected chi connectivity index (χ3v) is 6.07. The van der Waals surface area contributed by atoms with Crippen molar-refractivity contribution in [2.75, 3.05) is 6.61 Å². The molecule has 0 aliphatic rings. The maximum Gasteiger partial charge on any atom is 0.261 e. The molecule has 1 heterocycles. The molecule has 0 atom stereocenters. The predicted octanol–water partition coefficient (Wildman–Crippen LogP) is 6.56. The van der Waals surface area contributed by atoms with Crippen molar-refractivity contribution in [3.8, 4) is 5.75 Å². The molecule has 1 amide bonds. The van der Waals surface area contributed by atoms with Gasteiger partial charge in [0, 0.05) is 34.5 Å². The third kappa shape index (κ3) is 6.73. The van der Waals surface area contributed by atoms with E-state index in [1.54, 1.807) is 24.3 Å². The van der Waals surface area contributed by atoms with Gasteiger partial charge in [-0.3, -0.25) is 4.79 Å². The van der Waals surface area contributed by atoms with E-state index < -0.39 is 0 Å². The minimum absolute atomic E-state index is 0.0398. The van der Waals surface area contributed by atoms with Crippen molar-refractivity contribution in [3.63, 3.8) is 0 Å². The Bertz CT molecular complexity index is 1170. The summed E-state index contributed by atoms with van der Waals surface area (Å²) >= 11 is 9.42. The highest BCUT2D eigenvalue weighted by atomic mass is 79.9. The maximum atomic E-state index is 13.2. The first-order valence-electron chi connectivity index (χ1n) is 10.7. The molecule has 0 bridgehead atoms. The van der Waals surface area contributed by atoms with E-state index in [-0.39, 0.29) is 12.5 Å². The molecule has 0 spiro atoms. The Morgan fingerprint density at radius 2 is 1.58 bits per heavy atom. The van der Waals surface area contributed by atoms with Crippen molar-refractivity contribution >= 4 is 33.4 Å². The highest BCUT2D eigenvalue weighted by Gasteiger charge is 2.17. The zero-order valence-electron chi connectivity index (χ0n) is 18.0. The fourth-order valence-corrected chi connectivity index (χ4v) is 3.92. The van der Waals surface area contributed by atoms with Gasteiger partial charge in [0.15, 0.2) is 6.61 Å². The molecule has 0 N–H and O–H groups in total. The first-order valence-corrected chi connectivity index (χ1v) is 11.8. The molecule has 4 aromatic rings. The van der Waals surface area contributed by atoms with E-state index in [2.05, 4.69) is 38.7 Å². The van der Waals surface area contributed by atoms with Crippen LogP contribution >= 0.6 is 27.5 Å². The number of benzene rings is 3. The highest BCUT2D eigenvalue weighted by Crippen LogP contribution is 2.18. The Labute approximate surface area is 207 Å². The summed E-state index contributed by atoms with van der Waals surface area (Å²) in [6.45, 7) is 1.69. The predicted molar refractivity (Wildman–Crippen MR) is 135 cm³/mol. The standard InChI is InChI=1S/C27H24BrClN2O2/c28-23-10-8-22(9-11-23)17-30-16-4-7-25(30)19-31(18-21-5-2-1-3-6-21)27(32)20-33-26-14-12-24(29)13-15-26/h1-16H,17-20H2. The molecule has 0 aliphatic heterocycles. The monoisotopic (exact) mass is 522 g/mol. The number of ether oxygens (including phenoxy) is 1. The number of rotatable bonds is 9. The van der Waals surface area contributed by atoms with Crippen LogP contribution in [0.3, 0.4) is 0 Å². The van der Waals surface area contributed by atoms with E-state index in [1.165, 1.54) is 5.56 Å². The molecule has 33 heavy (non-hydrogen) atoms. The molecule has 6 heteroatoms. The minimum atomic E-state index is -0.0785. The topological polar surface area (TPSA) is 34.5 Å². The van der Waals surface area contributed by atoms with Gasteiger partial charge in [0.05, 0.1) is 6.54 Å². The molecule has 0 saturated heterocycles. The van der Waals surface area contributed by atoms with Crippen molar-refractivity contribution in [1.82, 2.24) is 9.47 Å². The normalized spacial score (nSPS) is 10.7. The Kier molecular flexibility index (Phi) is 7.87. The number of nitrogens with zero attached hydrogens (tertiary/aromatic N) is 2. The molecule has 168 valence electrons. The van der Waals surface area contributed by atoms with Crippen molar-refractivity contribution in [1.29, 1.82) is 0 Å². The average molecular weight is 524 g/mol. The summed E-state index contributed by atoms with van der Waals surface area (Å²) < 4.78 is 8.97. The lowest BCUT2D eigenvalue weighted by Gasteiger charge is -2.24. The fraction of sp³-hybridized carbons (Fsp3) is 0.148. The number of carbonyl (C=O) groups is 1. The molecule has 1 aromatic heterocycles. The molecule has 0 saturated carbocycles. The Hall–Kier alpha value is -3.02. The summed E-state index contributed by atoms with van der Waals surface area (Å²) in [4.78, 5) is 15.0. The van der Waals surface area contributed by atoms with Crippen molar-refractivity contribution in [2.45, 2.75) is 19.6 Å². The van der Waals surface area contributed by atoms with Crippen molar-refractivity contribution < 1.29 is 9.53 Å². The molecule has 4 rings (SSSR count). The summed E-state index contributed by atoms with van der Waals surface area (Å²) in [6.07, 6.45) is 2.05. The van der Waals surface area contributed by atoms with Crippen LogP contribution in [0, 0.1) is 0 Å². The van der Waals surface area contributed by atoms with E-state index in [9.17, 15) is 4.79 Å². The van der Waals surface area contributed by atoms with Gasteiger partial charge in [-0.15, -0.1) is 0 Å². The second kappa shape index (κ2) is 11.2. The van der Waals surface area contributed by atoms with Gasteiger partial charge in [-0.25, -0.2) is 0 Å². The number of hydrogen-bond acceptors (Lipinski definition) is 2. The van der Waals surface area contributed by atoms with Crippen molar-refractivity contribution in [2.24, 2.45) is 0 Å². The van der Waals surface area contributed by atoms with Gasteiger partial charge in [0.2, 0.25) is 0 Å². The van der Waals surface area contributed by atoms with Crippen LogP contribution in [0.2, 0.25) is 5.02 Å². The molecule has 0 fully saturated rings. The van der Waals surface area contributed by atoms with Gasteiger partial charge < -0.3 is 14.2 Å². The molecule has 3 aromatic carbocycles. The highest BCUT2D eigenvalue weighted by molar-refractivity contribution is 9.10. The maximum absolute atomic E-state index is 13.2. The Balaban J connectivity index is 1.49. The van der Waals surface area contributed by atoms with Crippen LogP contribution in [0.5, 0.6) is 5.75 Å². The molecule has 0 radical (unpaired) electrons. The fourth-order valence-electron chi connectivity index (χ4n) is 3.53.